The largest absolute Gasteiger partial charge is 0.322 e. The van der Waals surface area contributed by atoms with Crippen LogP contribution >= 0.6 is 15.9 Å². The molecule has 1 aromatic heterocycles. The van der Waals surface area contributed by atoms with Crippen molar-refractivity contribution in [3.05, 3.63) is 10.6 Å². The molecule has 0 amide bonds. The van der Waals surface area contributed by atoms with Crippen LogP contribution < -0.4 is 5.73 Å². The summed E-state index contributed by atoms with van der Waals surface area (Å²) in [4.78, 5) is 0. The van der Waals surface area contributed by atoms with Crippen molar-refractivity contribution in [1.29, 1.82) is 0 Å². The lowest BCUT2D eigenvalue weighted by molar-refractivity contribution is 0.679. The van der Waals surface area contributed by atoms with E-state index in [9.17, 15) is 0 Å². The number of halogens is 1. The second-order valence-electron chi connectivity index (χ2n) is 2.17. The van der Waals surface area contributed by atoms with Crippen LogP contribution in [0.3, 0.4) is 0 Å². The van der Waals surface area contributed by atoms with Gasteiger partial charge >= 0.3 is 0 Å². The molecule has 2 N–H and O–H groups in total. The highest BCUT2D eigenvalue weighted by Gasteiger charge is 2.08. The first kappa shape index (κ1) is 7.68. The van der Waals surface area contributed by atoms with E-state index in [-0.39, 0.29) is 6.04 Å². The number of hydrogen-bond donors (Lipinski definition) is 1. The Morgan fingerprint density at radius 2 is 2.20 bits per heavy atom. The Bertz CT molecular complexity index is 230. The lowest BCUT2D eigenvalue weighted by Crippen LogP contribution is -2.11. The van der Waals surface area contributed by atoms with Gasteiger partial charge in [-0.3, -0.25) is 0 Å². The van der Waals surface area contributed by atoms with Crippen LogP contribution in [0.2, 0.25) is 0 Å². The van der Waals surface area contributed by atoms with E-state index in [0.29, 0.717) is 4.73 Å². The van der Waals surface area contributed by atoms with Crippen molar-refractivity contribution in [1.82, 2.24) is 14.8 Å². The molecule has 0 radical (unpaired) electrons. The van der Waals surface area contributed by atoms with Crippen molar-refractivity contribution >= 4 is 15.9 Å². The summed E-state index contributed by atoms with van der Waals surface area (Å²) in [6.07, 6.45) is 0. The summed E-state index contributed by atoms with van der Waals surface area (Å²) in [5, 5.41) is 7.64. The Morgan fingerprint density at radius 3 is 2.40 bits per heavy atom. The topological polar surface area (TPSA) is 56.7 Å². The van der Waals surface area contributed by atoms with E-state index in [2.05, 4.69) is 26.1 Å². The van der Waals surface area contributed by atoms with Gasteiger partial charge in [0.15, 0.2) is 4.73 Å². The zero-order valence-electron chi connectivity index (χ0n) is 5.87. The lowest BCUT2D eigenvalue weighted by atomic mass is 10.3. The van der Waals surface area contributed by atoms with E-state index in [1.54, 1.807) is 0 Å². The predicted molar refractivity (Wildman–Crippen MR) is 41.3 cm³/mol. The molecule has 0 aliphatic heterocycles. The van der Waals surface area contributed by atoms with Crippen molar-refractivity contribution in [3.63, 3.8) is 0 Å². The average Bonchev–Trinajstić information content (AvgIpc) is 2.14. The van der Waals surface area contributed by atoms with Crippen molar-refractivity contribution in [3.8, 4) is 0 Å². The monoisotopic (exact) mass is 204 g/mol. The molecule has 0 spiro atoms. The van der Waals surface area contributed by atoms with Crippen molar-refractivity contribution in [2.24, 2.45) is 12.8 Å². The second-order valence-corrected chi connectivity index (χ2v) is 2.88. The van der Waals surface area contributed by atoms with Crippen LogP contribution in [0, 0.1) is 0 Å². The van der Waals surface area contributed by atoms with Gasteiger partial charge in [-0.05, 0) is 22.9 Å². The normalized spacial score (nSPS) is 13.6. The average molecular weight is 205 g/mol. The maximum atomic E-state index is 5.58. The minimum Gasteiger partial charge on any atom is -0.322 e. The van der Waals surface area contributed by atoms with E-state index in [4.69, 9.17) is 5.73 Å². The van der Waals surface area contributed by atoms with Gasteiger partial charge in [-0.25, -0.2) is 0 Å². The number of hydrogen-bond acceptors (Lipinski definition) is 3. The molecule has 0 aliphatic carbocycles. The summed E-state index contributed by atoms with van der Waals surface area (Å²) in [7, 11) is 1.86. The summed E-state index contributed by atoms with van der Waals surface area (Å²) in [6.45, 7) is 1.87. The Labute approximate surface area is 67.6 Å². The molecule has 0 bridgehead atoms. The van der Waals surface area contributed by atoms with Gasteiger partial charge in [-0.15, -0.1) is 10.2 Å². The van der Waals surface area contributed by atoms with Crippen molar-refractivity contribution in [2.75, 3.05) is 0 Å². The van der Waals surface area contributed by atoms with Crippen LogP contribution in [0.4, 0.5) is 0 Å². The SMILES string of the molecule is C[C@H](N)c1nnc(Br)n1C. The van der Waals surface area contributed by atoms with Gasteiger partial charge in [0, 0.05) is 7.05 Å². The summed E-state index contributed by atoms with van der Waals surface area (Å²) in [5.41, 5.74) is 5.58. The summed E-state index contributed by atoms with van der Waals surface area (Å²) in [6, 6.07) is -0.0659. The first-order chi connectivity index (χ1) is 4.63. The zero-order valence-corrected chi connectivity index (χ0v) is 7.46. The molecule has 5 heteroatoms. The molecular formula is C5H9BrN4. The molecule has 1 rings (SSSR count). The maximum Gasteiger partial charge on any atom is 0.199 e. The lowest BCUT2D eigenvalue weighted by Gasteiger charge is -2.02. The van der Waals surface area contributed by atoms with Gasteiger partial charge in [0.25, 0.3) is 0 Å². The van der Waals surface area contributed by atoms with E-state index in [0.717, 1.165) is 5.82 Å². The van der Waals surface area contributed by atoms with Gasteiger partial charge in [0.05, 0.1) is 6.04 Å². The Hall–Kier alpha value is -0.420. The van der Waals surface area contributed by atoms with E-state index in [1.165, 1.54) is 0 Å². The number of aromatic nitrogens is 3. The fraction of sp³-hybridized carbons (Fsp3) is 0.600. The minimum absolute atomic E-state index is 0.0659. The highest BCUT2D eigenvalue weighted by atomic mass is 79.9. The molecule has 0 fully saturated rings. The van der Waals surface area contributed by atoms with E-state index < -0.39 is 0 Å². The first-order valence-corrected chi connectivity index (χ1v) is 3.72. The number of nitrogens with two attached hydrogens (primary N) is 1. The third-order valence-corrected chi connectivity index (χ3v) is 1.95. The zero-order chi connectivity index (χ0) is 7.72. The quantitative estimate of drug-likeness (QED) is 0.730. The van der Waals surface area contributed by atoms with Crippen molar-refractivity contribution in [2.45, 2.75) is 13.0 Å². The van der Waals surface area contributed by atoms with Crippen LogP contribution in [0.1, 0.15) is 18.8 Å². The van der Waals surface area contributed by atoms with E-state index >= 15 is 0 Å². The highest BCUT2D eigenvalue weighted by molar-refractivity contribution is 9.10. The molecule has 1 atom stereocenters. The molecule has 0 aliphatic rings. The Balaban J connectivity index is 3.05. The highest BCUT2D eigenvalue weighted by Crippen LogP contribution is 2.10. The molecular weight excluding hydrogens is 196 g/mol. The summed E-state index contributed by atoms with van der Waals surface area (Å²) in [5.74, 6) is 0.784. The molecule has 56 valence electrons. The van der Waals surface area contributed by atoms with Crippen LogP contribution in [-0.2, 0) is 7.05 Å². The molecule has 10 heavy (non-hydrogen) atoms. The summed E-state index contributed by atoms with van der Waals surface area (Å²) >= 11 is 3.22. The van der Waals surface area contributed by atoms with Gasteiger partial charge < -0.3 is 10.3 Å². The molecule has 0 saturated heterocycles. The minimum atomic E-state index is -0.0659. The Morgan fingerprint density at radius 1 is 1.60 bits per heavy atom. The standard InChI is InChI=1S/C5H9BrN4/c1-3(7)4-8-9-5(6)10(4)2/h3H,7H2,1-2H3/t3-/m0/s1. The summed E-state index contributed by atoms with van der Waals surface area (Å²) < 4.78 is 2.52. The predicted octanol–water partition coefficient (Wildman–Crippen LogP) is 0.597. The van der Waals surface area contributed by atoms with Gasteiger partial charge in [0.1, 0.15) is 5.82 Å². The van der Waals surface area contributed by atoms with Gasteiger partial charge in [-0.1, -0.05) is 0 Å². The van der Waals surface area contributed by atoms with Gasteiger partial charge in [0.2, 0.25) is 0 Å². The second kappa shape index (κ2) is 2.67. The fourth-order valence-electron chi connectivity index (χ4n) is 0.718. The van der Waals surface area contributed by atoms with Crippen LogP contribution in [0.25, 0.3) is 0 Å². The van der Waals surface area contributed by atoms with Gasteiger partial charge in [-0.2, -0.15) is 0 Å². The van der Waals surface area contributed by atoms with Crippen molar-refractivity contribution < 1.29 is 0 Å². The molecule has 0 unspecified atom stereocenters. The van der Waals surface area contributed by atoms with Crippen LogP contribution in [-0.4, -0.2) is 14.8 Å². The van der Waals surface area contributed by atoms with Crippen LogP contribution in [0.15, 0.2) is 4.73 Å². The van der Waals surface area contributed by atoms with E-state index in [1.807, 2.05) is 18.5 Å². The molecule has 1 heterocycles. The molecule has 1 aromatic rings. The molecule has 0 saturated carbocycles. The first-order valence-electron chi connectivity index (χ1n) is 2.93. The van der Waals surface area contributed by atoms with Crippen LogP contribution in [0.5, 0.6) is 0 Å². The number of nitrogens with zero attached hydrogens (tertiary/aromatic N) is 3. The smallest absolute Gasteiger partial charge is 0.199 e. The molecule has 0 aromatic carbocycles. The number of rotatable bonds is 1. The maximum absolute atomic E-state index is 5.58. The molecule has 4 nitrogen and oxygen atoms in total. The fourth-order valence-corrected chi connectivity index (χ4v) is 0.979. The third-order valence-electron chi connectivity index (χ3n) is 1.26. The third kappa shape index (κ3) is 1.19. The Kier molecular flexibility index (Phi) is 2.05.